The first kappa shape index (κ1) is 9.71. The predicted molar refractivity (Wildman–Crippen MR) is 58.6 cm³/mol. The Kier molecular flexibility index (Phi) is 2.14. The molecule has 1 amide bonds. The quantitative estimate of drug-likeness (QED) is 0.755. The fraction of sp³-hybridized carbons (Fsp3) is 0.545. The van der Waals surface area contributed by atoms with Crippen molar-refractivity contribution in [3.63, 3.8) is 0 Å². The van der Waals surface area contributed by atoms with Gasteiger partial charge in [0.05, 0.1) is 0 Å². The standard InChI is InChI=1S/C11H15NOS/c1-7-4-5-14-10(7)11(3)6-9(13)12-8(11)2/h4-5,8H,6H2,1-3H3,(H,12,13). The number of thiophene rings is 1. The van der Waals surface area contributed by atoms with Crippen molar-refractivity contribution in [3.8, 4) is 0 Å². The van der Waals surface area contributed by atoms with Crippen LogP contribution in [0.2, 0.25) is 0 Å². The molecule has 14 heavy (non-hydrogen) atoms. The Morgan fingerprint density at radius 1 is 1.64 bits per heavy atom. The maximum atomic E-state index is 11.4. The van der Waals surface area contributed by atoms with Gasteiger partial charge < -0.3 is 5.32 Å². The second-order valence-electron chi connectivity index (χ2n) is 4.32. The highest BCUT2D eigenvalue weighted by Crippen LogP contribution is 2.39. The van der Waals surface area contributed by atoms with Gasteiger partial charge in [-0.3, -0.25) is 4.79 Å². The number of carbonyl (C=O) groups is 1. The lowest BCUT2D eigenvalue weighted by Gasteiger charge is -2.27. The van der Waals surface area contributed by atoms with Crippen molar-refractivity contribution in [2.24, 2.45) is 0 Å². The Morgan fingerprint density at radius 2 is 2.36 bits per heavy atom. The highest BCUT2D eigenvalue weighted by Gasteiger charge is 2.43. The van der Waals surface area contributed by atoms with Crippen LogP contribution in [-0.4, -0.2) is 11.9 Å². The van der Waals surface area contributed by atoms with Gasteiger partial charge in [-0.25, -0.2) is 0 Å². The summed E-state index contributed by atoms with van der Waals surface area (Å²) in [6, 6.07) is 2.37. The summed E-state index contributed by atoms with van der Waals surface area (Å²) in [4.78, 5) is 12.7. The number of nitrogens with one attached hydrogen (secondary N) is 1. The van der Waals surface area contributed by atoms with Gasteiger partial charge >= 0.3 is 0 Å². The predicted octanol–water partition coefficient (Wildman–Crippen LogP) is 2.22. The Labute approximate surface area is 88.3 Å². The molecule has 0 aromatic carbocycles. The van der Waals surface area contributed by atoms with Crippen molar-refractivity contribution in [1.29, 1.82) is 0 Å². The molecule has 0 bridgehead atoms. The zero-order valence-corrected chi connectivity index (χ0v) is 9.57. The molecule has 2 unspecified atom stereocenters. The summed E-state index contributed by atoms with van der Waals surface area (Å²) in [5, 5.41) is 5.09. The Bertz CT molecular complexity index is 371. The van der Waals surface area contributed by atoms with E-state index in [2.05, 4.69) is 37.5 Å². The SMILES string of the molecule is Cc1ccsc1C1(C)CC(=O)NC1C. The number of amides is 1. The molecule has 1 fully saturated rings. The average Bonchev–Trinajstić information content (AvgIpc) is 2.59. The van der Waals surface area contributed by atoms with Crippen molar-refractivity contribution in [2.45, 2.75) is 38.6 Å². The average molecular weight is 209 g/mol. The third kappa shape index (κ3) is 1.27. The van der Waals surface area contributed by atoms with E-state index in [0.717, 1.165) is 0 Å². The molecule has 1 saturated heterocycles. The highest BCUT2D eigenvalue weighted by molar-refractivity contribution is 7.10. The molecule has 1 aromatic rings. The molecule has 2 atom stereocenters. The van der Waals surface area contributed by atoms with E-state index in [4.69, 9.17) is 0 Å². The summed E-state index contributed by atoms with van der Waals surface area (Å²) < 4.78 is 0. The molecule has 2 nitrogen and oxygen atoms in total. The first-order valence-corrected chi connectivity index (χ1v) is 5.76. The molecule has 0 aliphatic carbocycles. The second-order valence-corrected chi connectivity index (χ2v) is 5.23. The van der Waals surface area contributed by atoms with Crippen LogP contribution in [0.1, 0.15) is 30.7 Å². The number of hydrogen-bond donors (Lipinski definition) is 1. The van der Waals surface area contributed by atoms with Gasteiger partial charge in [0.2, 0.25) is 5.91 Å². The summed E-state index contributed by atoms with van der Waals surface area (Å²) in [5.74, 6) is 0.174. The number of carbonyl (C=O) groups excluding carboxylic acids is 1. The molecule has 1 aliphatic rings. The Morgan fingerprint density at radius 3 is 2.79 bits per heavy atom. The minimum atomic E-state index is -0.00463. The zero-order chi connectivity index (χ0) is 10.3. The smallest absolute Gasteiger partial charge is 0.221 e. The van der Waals surface area contributed by atoms with Gasteiger partial charge in [0, 0.05) is 22.8 Å². The highest BCUT2D eigenvalue weighted by atomic mass is 32.1. The molecule has 3 heteroatoms. The van der Waals surface area contributed by atoms with Crippen LogP contribution in [0.5, 0.6) is 0 Å². The van der Waals surface area contributed by atoms with Gasteiger partial charge in [-0.1, -0.05) is 6.92 Å². The van der Waals surface area contributed by atoms with E-state index in [-0.39, 0.29) is 17.4 Å². The van der Waals surface area contributed by atoms with E-state index >= 15 is 0 Å². The largest absolute Gasteiger partial charge is 0.353 e. The molecule has 1 N–H and O–H groups in total. The van der Waals surface area contributed by atoms with Crippen LogP contribution in [-0.2, 0) is 10.2 Å². The molecular weight excluding hydrogens is 194 g/mol. The lowest BCUT2D eigenvalue weighted by atomic mass is 9.80. The van der Waals surface area contributed by atoms with Crippen LogP contribution < -0.4 is 5.32 Å². The second kappa shape index (κ2) is 3.09. The van der Waals surface area contributed by atoms with E-state index in [1.807, 2.05) is 0 Å². The molecule has 2 rings (SSSR count). The minimum absolute atomic E-state index is 0.00463. The van der Waals surface area contributed by atoms with Crippen molar-refractivity contribution in [2.75, 3.05) is 0 Å². The molecule has 0 radical (unpaired) electrons. The van der Waals surface area contributed by atoms with Crippen molar-refractivity contribution < 1.29 is 4.79 Å². The number of aryl methyl sites for hydroxylation is 1. The Balaban J connectivity index is 2.42. The van der Waals surface area contributed by atoms with E-state index in [1.54, 1.807) is 11.3 Å². The summed E-state index contributed by atoms with van der Waals surface area (Å²) in [7, 11) is 0. The zero-order valence-electron chi connectivity index (χ0n) is 8.76. The maximum Gasteiger partial charge on any atom is 0.221 e. The molecule has 1 aliphatic heterocycles. The molecule has 1 aromatic heterocycles. The van der Waals surface area contributed by atoms with Crippen LogP contribution in [0.15, 0.2) is 11.4 Å². The van der Waals surface area contributed by atoms with Crippen molar-refractivity contribution >= 4 is 17.2 Å². The monoisotopic (exact) mass is 209 g/mol. The number of hydrogen-bond acceptors (Lipinski definition) is 2. The van der Waals surface area contributed by atoms with E-state index in [9.17, 15) is 4.79 Å². The maximum absolute atomic E-state index is 11.4. The van der Waals surface area contributed by atoms with E-state index < -0.39 is 0 Å². The first-order chi connectivity index (χ1) is 6.54. The van der Waals surface area contributed by atoms with Gasteiger partial charge in [-0.15, -0.1) is 11.3 Å². The third-order valence-corrected chi connectivity index (χ3v) is 4.54. The van der Waals surface area contributed by atoms with Crippen LogP contribution in [0.25, 0.3) is 0 Å². The van der Waals surface area contributed by atoms with Gasteiger partial charge in [-0.05, 0) is 30.9 Å². The van der Waals surface area contributed by atoms with E-state index in [0.29, 0.717) is 6.42 Å². The molecule has 0 spiro atoms. The summed E-state index contributed by atoms with van der Waals surface area (Å²) in [6.07, 6.45) is 0.621. The van der Waals surface area contributed by atoms with Crippen LogP contribution in [0, 0.1) is 6.92 Å². The normalized spacial score (nSPS) is 31.9. The fourth-order valence-corrected chi connectivity index (χ4v) is 3.35. The lowest BCUT2D eigenvalue weighted by Crippen LogP contribution is -2.35. The van der Waals surface area contributed by atoms with Crippen LogP contribution in [0.3, 0.4) is 0 Å². The summed E-state index contributed by atoms with van der Waals surface area (Å²) in [6.45, 7) is 6.38. The minimum Gasteiger partial charge on any atom is -0.353 e. The lowest BCUT2D eigenvalue weighted by molar-refractivity contribution is -0.119. The van der Waals surface area contributed by atoms with Gasteiger partial charge in [0.15, 0.2) is 0 Å². The van der Waals surface area contributed by atoms with Crippen molar-refractivity contribution in [3.05, 3.63) is 21.9 Å². The summed E-state index contributed by atoms with van der Waals surface area (Å²) in [5.41, 5.74) is 1.30. The molecule has 76 valence electrons. The van der Waals surface area contributed by atoms with Gasteiger partial charge in [0.1, 0.15) is 0 Å². The fourth-order valence-electron chi connectivity index (χ4n) is 2.17. The van der Waals surface area contributed by atoms with Crippen molar-refractivity contribution in [1.82, 2.24) is 5.32 Å². The summed E-state index contributed by atoms with van der Waals surface area (Å²) >= 11 is 1.76. The van der Waals surface area contributed by atoms with Gasteiger partial charge in [0.25, 0.3) is 0 Å². The molecular formula is C11H15NOS. The first-order valence-electron chi connectivity index (χ1n) is 4.88. The van der Waals surface area contributed by atoms with E-state index in [1.165, 1.54) is 10.4 Å². The van der Waals surface area contributed by atoms with Crippen LogP contribution >= 0.6 is 11.3 Å². The number of rotatable bonds is 1. The topological polar surface area (TPSA) is 29.1 Å². The van der Waals surface area contributed by atoms with Gasteiger partial charge in [-0.2, -0.15) is 0 Å². The van der Waals surface area contributed by atoms with Crippen LogP contribution in [0.4, 0.5) is 0 Å². The molecule has 2 heterocycles. The molecule has 0 saturated carbocycles. The Hall–Kier alpha value is -0.830. The third-order valence-electron chi connectivity index (χ3n) is 3.24.